The second-order valence-corrected chi connectivity index (χ2v) is 3.89. The van der Waals surface area contributed by atoms with Crippen molar-refractivity contribution >= 4 is 5.97 Å². The van der Waals surface area contributed by atoms with Crippen LogP contribution in [0, 0.1) is 0 Å². The van der Waals surface area contributed by atoms with Crippen LogP contribution >= 0.6 is 0 Å². The maximum absolute atomic E-state index is 10.7. The first-order chi connectivity index (χ1) is 8.13. The molecule has 0 heterocycles. The van der Waals surface area contributed by atoms with Crippen molar-refractivity contribution in [2.75, 3.05) is 13.7 Å². The summed E-state index contributed by atoms with van der Waals surface area (Å²) in [5.41, 5.74) is 0.698. The lowest BCUT2D eigenvalue weighted by molar-refractivity contribution is -0.136. The van der Waals surface area contributed by atoms with E-state index in [0.29, 0.717) is 17.9 Å². The first-order valence-electron chi connectivity index (χ1n) is 5.58. The lowest BCUT2D eigenvalue weighted by atomic mass is 10.1. The molecule has 1 aromatic rings. The van der Waals surface area contributed by atoms with Gasteiger partial charge in [-0.25, -0.2) is 0 Å². The number of carboxylic acids is 1. The fraction of sp³-hybridized carbons (Fsp3) is 0.462. The van der Waals surface area contributed by atoms with Gasteiger partial charge >= 0.3 is 5.97 Å². The SMILES string of the molecule is COCCC(C)Oc1ccccc1CC(=O)O. The standard InChI is InChI=1S/C13H18O4/c1-10(7-8-16-2)17-12-6-4-3-5-11(12)9-13(14)15/h3-6,10H,7-9H2,1-2H3,(H,14,15). The lowest BCUT2D eigenvalue weighted by Gasteiger charge is -2.16. The molecule has 1 atom stereocenters. The first kappa shape index (κ1) is 13.5. The Labute approximate surface area is 101 Å². The smallest absolute Gasteiger partial charge is 0.307 e. The average Bonchev–Trinajstić information content (AvgIpc) is 2.28. The van der Waals surface area contributed by atoms with Gasteiger partial charge in [0.25, 0.3) is 0 Å². The summed E-state index contributed by atoms with van der Waals surface area (Å²) in [6.07, 6.45) is 0.760. The van der Waals surface area contributed by atoms with E-state index in [1.165, 1.54) is 0 Å². The molecule has 0 aliphatic heterocycles. The van der Waals surface area contributed by atoms with E-state index in [9.17, 15) is 4.79 Å². The van der Waals surface area contributed by atoms with Crippen molar-refractivity contribution in [3.05, 3.63) is 29.8 Å². The minimum Gasteiger partial charge on any atom is -0.490 e. The van der Waals surface area contributed by atoms with Gasteiger partial charge in [0.1, 0.15) is 5.75 Å². The van der Waals surface area contributed by atoms with Crippen molar-refractivity contribution in [2.45, 2.75) is 25.9 Å². The van der Waals surface area contributed by atoms with E-state index >= 15 is 0 Å². The monoisotopic (exact) mass is 238 g/mol. The Kier molecular flexibility index (Phi) is 5.49. The molecule has 0 aliphatic carbocycles. The highest BCUT2D eigenvalue weighted by molar-refractivity contribution is 5.71. The van der Waals surface area contributed by atoms with Gasteiger partial charge in [-0.1, -0.05) is 18.2 Å². The molecule has 1 N–H and O–H groups in total. The molecule has 0 saturated heterocycles. The number of para-hydroxylation sites is 1. The maximum atomic E-state index is 10.7. The predicted octanol–water partition coefficient (Wildman–Crippen LogP) is 2.12. The zero-order valence-electron chi connectivity index (χ0n) is 10.2. The molecule has 0 amide bonds. The van der Waals surface area contributed by atoms with Crippen LogP contribution in [0.5, 0.6) is 5.75 Å². The van der Waals surface area contributed by atoms with Crippen LogP contribution in [0.1, 0.15) is 18.9 Å². The Morgan fingerprint density at radius 1 is 1.41 bits per heavy atom. The van der Waals surface area contributed by atoms with E-state index in [1.807, 2.05) is 19.1 Å². The Morgan fingerprint density at radius 2 is 2.12 bits per heavy atom. The van der Waals surface area contributed by atoms with Crippen molar-refractivity contribution < 1.29 is 19.4 Å². The highest BCUT2D eigenvalue weighted by Gasteiger charge is 2.10. The normalized spacial score (nSPS) is 12.1. The molecule has 4 nitrogen and oxygen atoms in total. The minimum atomic E-state index is -0.856. The summed E-state index contributed by atoms with van der Waals surface area (Å²) in [6, 6.07) is 7.21. The summed E-state index contributed by atoms with van der Waals surface area (Å²) < 4.78 is 10.7. The number of aliphatic carboxylic acids is 1. The second-order valence-electron chi connectivity index (χ2n) is 3.89. The zero-order chi connectivity index (χ0) is 12.7. The molecule has 0 radical (unpaired) electrons. The van der Waals surface area contributed by atoms with Crippen molar-refractivity contribution in [1.82, 2.24) is 0 Å². The number of rotatable bonds is 7. The van der Waals surface area contributed by atoms with E-state index in [4.69, 9.17) is 14.6 Å². The fourth-order valence-electron chi connectivity index (χ4n) is 1.49. The third-order valence-electron chi connectivity index (χ3n) is 2.37. The molecule has 0 fully saturated rings. The summed E-state index contributed by atoms with van der Waals surface area (Å²) in [4.78, 5) is 10.7. The van der Waals surface area contributed by atoms with Gasteiger partial charge < -0.3 is 14.6 Å². The van der Waals surface area contributed by atoms with Gasteiger partial charge in [-0.2, -0.15) is 0 Å². The highest BCUT2D eigenvalue weighted by Crippen LogP contribution is 2.20. The summed E-state index contributed by atoms with van der Waals surface area (Å²) in [5, 5.41) is 8.79. The molecule has 0 aliphatic rings. The van der Waals surface area contributed by atoms with Crippen molar-refractivity contribution in [1.29, 1.82) is 0 Å². The topological polar surface area (TPSA) is 55.8 Å². The Balaban J connectivity index is 2.65. The van der Waals surface area contributed by atoms with Crippen LogP contribution in [0.3, 0.4) is 0 Å². The van der Waals surface area contributed by atoms with E-state index in [0.717, 1.165) is 6.42 Å². The summed E-state index contributed by atoms with van der Waals surface area (Å²) >= 11 is 0. The Hall–Kier alpha value is -1.55. The maximum Gasteiger partial charge on any atom is 0.307 e. The molecule has 0 aromatic heterocycles. The van der Waals surface area contributed by atoms with Gasteiger partial charge in [0, 0.05) is 25.7 Å². The molecule has 1 aromatic carbocycles. The number of ether oxygens (including phenoxy) is 2. The molecule has 1 rings (SSSR count). The third-order valence-corrected chi connectivity index (χ3v) is 2.37. The summed E-state index contributed by atoms with van der Waals surface area (Å²) in [7, 11) is 1.64. The lowest BCUT2D eigenvalue weighted by Crippen LogP contribution is -2.15. The Bertz CT molecular complexity index is 362. The molecular formula is C13H18O4. The van der Waals surface area contributed by atoms with Crippen LogP contribution in [0.15, 0.2) is 24.3 Å². The second kappa shape index (κ2) is 6.91. The van der Waals surface area contributed by atoms with Crippen LogP contribution in [0.25, 0.3) is 0 Å². The van der Waals surface area contributed by atoms with E-state index in [2.05, 4.69) is 0 Å². The summed E-state index contributed by atoms with van der Waals surface area (Å²) in [5.74, 6) is -0.218. The van der Waals surface area contributed by atoms with Crippen molar-refractivity contribution in [2.24, 2.45) is 0 Å². The molecule has 17 heavy (non-hydrogen) atoms. The molecule has 94 valence electrons. The van der Waals surface area contributed by atoms with Gasteiger partial charge in [-0.3, -0.25) is 4.79 Å². The third kappa shape index (κ3) is 4.87. The Morgan fingerprint density at radius 3 is 2.76 bits per heavy atom. The van der Waals surface area contributed by atoms with Gasteiger partial charge in [-0.15, -0.1) is 0 Å². The highest BCUT2D eigenvalue weighted by atomic mass is 16.5. The largest absolute Gasteiger partial charge is 0.490 e. The molecule has 0 bridgehead atoms. The average molecular weight is 238 g/mol. The fourth-order valence-corrected chi connectivity index (χ4v) is 1.49. The molecule has 4 heteroatoms. The van der Waals surface area contributed by atoms with E-state index < -0.39 is 5.97 Å². The van der Waals surface area contributed by atoms with Crippen LogP contribution in [0.2, 0.25) is 0 Å². The first-order valence-corrected chi connectivity index (χ1v) is 5.58. The van der Waals surface area contributed by atoms with Gasteiger partial charge in [0.15, 0.2) is 0 Å². The number of carboxylic acid groups (broad SMARTS) is 1. The van der Waals surface area contributed by atoms with Crippen LogP contribution < -0.4 is 4.74 Å². The molecule has 0 spiro atoms. The van der Waals surface area contributed by atoms with Gasteiger partial charge in [-0.05, 0) is 13.0 Å². The quantitative estimate of drug-likeness (QED) is 0.790. The zero-order valence-corrected chi connectivity index (χ0v) is 10.2. The van der Waals surface area contributed by atoms with E-state index in [-0.39, 0.29) is 12.5 Å². The van der Waals surface area contributed by atoms with Crippen LogP contribution in [-0.4, -0.2) is 30.9 Å². The minimum absolute atomic E-state index is 0.00453. The van der Waals surface area contributed by atoms with Crippen LogP contribution in [-0.2, 0) is 16.0 Å². The van der Waals surface area contributed by atoms with Gasteiger partial charge in [0.2, 0.25) is 0 Å². The summed E-state index contributed by atoms with van der Waals surface area (Å²) in [6.45, 7) is 2.57. The van der Waals surface area contributed by atoms with E-state index in [1.54, 1.807) is 19.2 Å². The van der Waals surface area contributed by atoms with Crippen molar-refractivity contribution in [3.8, 4) is 5.75 Å². The molecular weight excluding hydrogens is 220 g/mol. The van der Waals surface area contributed by atoms with Crippen LogP contribution in [0.4, 0.5) is 0 Å². The predicted molar refractivity (Wildman–Crippen MR) is 64.4 cm³/mol. The molecule has 0 saturated carbocycles. The number of hydrogen-bond donors (Lipinski definition) is 1. The molecule has 1 unspecified atom stereocenters. The number of hydrogen-bond acceptors (Lipinski definition) is 3. The number of carbonyl (C=O) groups is 1. The van der Waals surface area contributed by atoms with Gasteiger partial charge in [0.05, 0.1) is 12.5 Å². The number of methoxy groups -OCH3 is 1. The number of benzene rings is 1. The van der Waals surface area contributed by atoms with Crippen molar-refractivity contribution in [3.63, 3.8) is 0 Å².